The van der Waals surface area contributed by atoms with Gasteiger partial charge in [0.1, 0.15) is 5.75 Å². The van der Waals surface area contributed by atoms with Gasteiger partial charge in [0.2, 0.25) is 0 Å². The zero-order valence-corrected chi connectivity index (χ0v) is 14.5. The number of carbonyl (C=O) groups excluding carboxylic acids is 2. The number of carbonyl (C=O) groups is 2. The van der Waals surface area contributed by atoms with Crippen molar-refractivity contribution in [2.75, 3.05) is 7.11 Å². The van der Waals surface area contributed by atoms with Crippen LogP contribution >= 0.6 is 0 Å². The summed E-state index contributed by atoms with van der Waals surface area (Å²) in [5.74, 6) is 0.00306. The molecule has 0 aliphatic heterocycles. The molecule has 1 aromatic rings. The molecule has 1 aromatic carbocycles. The van der Waals surface area contributed by atoms with Crippen molar-refractivity contribution in [3.8, 4) is 5.75 Å². The summed E-state index contributed by atoms with van der Waals surface area (Å²) in [5.41, 5.74) is 0.751. The van der Waals surface area contributed by atoms with E-state index in [0.29, 0.717) is 5.75 Å². The number of methoxy groups -OCH3 is 1. The van der Waals surface area contributed by atoms with E-state index in [2.05, 4.69) is 5.32 Å². The average molecular weight is 333 g/mol. The third-order valence-corrected chi connectivity index (χ3v) is 4.41. The van der Waals surface area contributed by atoms with Crippen LogP contribution in [0, 0.1) is 0 Å². The second-order valence-corrected chi connectivity index (χ2v) is 6.32. The SMILES string of the molecule is COc1ccccc1CC(=O)O[C@@H](C)C(=O)NC1CCCCCC1. The lowest BCUT2D eigenvalue weighted by Gasteiger charge is -2.19. The highest BCUT2D eigenvalue weighted by molar-refractivity contribution is 5.84. The van der Waals surface area contributed by atoms with E-state index in [-0.39, 0.29) is 18.4 Å². The fraction of sp³-hybridized carbons (Fsp3) is 0.579. The minimum atomic E-state index is -0.782. The van der Waals surface area contributed by atoms with Gasteiger partial charge < -0.3 is 14.8 Å². The molecule has 2 rings (SSSR count). The number of hydrogen-bond acceptors (Lipinski definition) is 4. The van der Waals surface area contributed by atoms with Crippen LogP contribution in [-0.4, -0.2) is 31.1 Å². The molecule has 1 N–H and O–H groups in total. The van der Waals surface area contributed by atoms with Crippen molar-refractivity contribution < 1.29 is 19.1 Å². The van der Waals surface area contributed by atoms with Gasteiger partial charge in [-0.25, -0.2) is 0 Å². The Morgan fingerprint density at radius 3 is 2.50 bits per heavy atom. The molecule has 1 amide bonds. The third kappa shape index (κ3) is 5.55. The highest BCUT2D eigenvalue weighted by atomic mass is 16.5. The summed E-state index contributed by atoms with van der Waals surface area (Å²) in [6.07, 6.45) is 6.08. The van der Waals surface area contributed by atoms with Gasteiger partial charge in [-0.3, -0.25) is 9.59 Å². The molecule has 5 nitrogen and oxygen atoms in total. The van der Waals surface area contributed by atoms with Gasteiger partial charge in [0.15, 0.2) is 6.10 Å². The van der Waals surface area contributed by atoms with E-state index in [1.54, 1.807) is 20.1 Å². The van der Waals surface area contributed by atoms with Crippen LogP contribution in [0.3, 0.4) is 0 Å². The summed E-state index contributed by atoms with van der Waals surface area (Å²) in [4.78, 5) is 24.3. The molecule has 1 atom stereocenters. The molecule has 1 aliphatic rings. The van der Waals surface area contributed by atoms with E-state index in [1.807, 2.05) is 18.2 Å². The molecule has 132 valence electrons. The molecule has 0 saturated heterocycles. The molecule has 0 spiro atoms. The van der Waals surface area contributed by atoms with Crippen LogP contribution in [0.1, 0.15) is 51.0 Å². The number of nitrogens with one attached hydrogen (secondary N) is 1. The number of para-hydroxylation sites is 1. The topological polar surface area (TPSA) is 64.6 Å². The summed E-state index contributed by atoms with van der Waals surface area (Å²) in [6, 6.07) is 7.50. The molecule has 1 fully saturated rings. The average Bonchev–Trinajstić information content (AvgIpc) is 2.83. The van der Waals surface area contributed by atoms with Gasteiger partial charge in [-0.2, -0.15) is 0 Å². The maximum atomic E-state index is 12.2. The maximum Gasteiger partial charge on any atom is 0.311 e. The second-order valence-electron chi connectivity index (χ2n) is 6.32. The van der Waals surface area contributed by atoms with Crippen molar-refractivity contribution in [2.45, 2.75) is 64.0 Å². The lowest BCUT2D eigenvalue weighted by molar-refractivity contribution is -0.154. The molecule has 24 heavy (non-hydrogen) atoms. The normalized spacial score (nSPS) is 16.8. The molecule has 0 radical (unpaired) electrons. The molecule has 0 bridgehead atoms. The minimum absolute atomic E-state index is 0.0884. The van der Waals surface area contributed by atoms with Gasteiger partial charge in [-0.15, -0.1) is 0 Å². The first-order chi connectivity index (χ1) is 11.6. The van der Waals surface area contributed by atoms with Gasteiger partial charge in [0, 0.05) is 11.6 Å². The van der Waals surface area contributed by atoms with E-state index in [1.165, 1.54) is 12.8 Å². The van der Waals surface area contributed by atoms with E-state index in [4.69, 9.17) is 9.47 Å². The smallest absolute Gasteiger partial charge is 0.311 e. The monoisotopic (exact) mass is 333 g/mol. The van der Waals surface area contributed by atoms with E-state index in [0.717, 1.165) is 31.2 Å². The molecule has 0 heterocycles. The molecule has 0 aromatic heterocycles. The van der Waals surface area contributed by atoms with Crippen molar-refractivity contribution in [1.29, 1.82) is 0 Å². The zero-order chi connectivity index (χ0) is 17.4. The number of rotatable bonds is 6. The van der Waals surface area contributed by atoms with Crippen LogP contribution < -0.4 is 10.1 Å². The van der Waals surface area contributed by atoms with Gasteiger partial charge in [0.25, 0.3) is 5.91 Å². The number of amides is 1. The minimum Gasteiger partial charge on any atom is -0.496 e. The number of ether oxygens (including phenoxy) is 2. The van der Waals surface area contributed by atoms with Crippen LogP contribution in [0.2, 0.25) is 0 Å². The van der Waals surface area contributed by atoms with Crippen molar-refractivity contribution in [3.63, 3.8) is 0 Å². The van der Waals surface area contributed by atoms with Crippen molar-refractivity contribution in [3.05, 3.63) is 29.8 Å². The summed E-state index contributed by atoms with van der Waals surface area (Å²) < 4.78 is 10.5. The molecular formula is C19H27NO4. The predicted octanol–water partition coefficient (Wildman–Crippen LogP) is 3.01. The fourth-order valence-electron chi connectivity index (χ4n) is 3.04. The Morgan fingerprint density at radius 2 is 1.83 bits per heavy atom. The first kappa shape index (κ1) is 18.3. The number of benzene rings is 1. The van der Waals surface area contributed by atoms with Gasteiger partial charge in [0.05, 0.1) is 13.5 Å². The molecule has 1 saturated carbocycles. The third-order valence-electron chi connectivity index (χ3n) is 4.41. The Hall–Kier alpha value is -2.04. The summed E-state index contributed by atoms with van der Waals surface area (Å²) in [7, 11) is 1.56. The molecule has 0 unspecified atom stereocenters. The van der Waals surface area contributed by atoms with Crippen LogP contribution in [0.15, 0.2) is 24.3 Å². The van der Waals surface area contributed by atoms with Crippen LogP contribution in [0.25, 0.3) is 0 Å². The second kappa shape index (κ2) is 9.30. The van der Waals surface area contributed by atoms with Crippen LogP contribution in [-0.2, 0) is 20.7 Å². The largest absolute Gasteiger partial charge is 0.496 e. The van der Waals surface area contributed by atoms with Crippen molar-refractivity contribution in [1.82, 2.24) is 5.32 Å². The van der Waals surface area contributed by atoms with Gasteiger partial charge >= 0.3 is 5.97 Å². The van der Waals surface area contributed by atoms with Crippen LogP contribution in [0.5, 0.6) is 5.75 Å². The van der Waals surface area contributed by atoms with Gasteiger partial charge in [-0.1, -0.05) is 43.9 Å². The lowest BCUT2D eigenvalue weighted by atomic mass is 10.1. The summed E-state index contributed by atoms with van der Waals surface area (Å²) >= 11 is 0. The van der Waals surface area contributed by atoms with Crippen molar-refractivity contribution >= 4 is 11.9 Å². The first-order valence-corrected chi connectivity index (χ1v) is 8.72. The Labute approximate surface area is 143 Å². The highest BCUT2D eigenvalue weighted by Gasteiger charge is 2.22. The standard InChI is InChI=1S/C19H27NO4/c1-14(19(22)20-16-10-5-3-4-6-11-16)24-18(21)13-15-9-7-8-12-17(15)23-2/h7-9,12,14,16H,3-6,10-11,13H2,1-2H3,(H,20,22)/t14-/m0/s1. The summed E-state index contributed by atoms with van der Waals surface area (Å²) in [6.45, 7) is 1.62. The quantitative estimate of drug-likeness (QED) is 0.642. The highest BCUT2D eigenvalue weighted by Crippen LogP contribution is 2.19. The predicted molar refractivity (Wildman–Crippen MR) is 91.9 cm³/mol. The van der Waals surface area contributed by atoms with E-state index >= 15 is 0 Å². The van der Waals surface area contributed by atoms with Crippen molar-refractivity contribution in [2.24, 2.45) is 0 Å². The Balaban J connectivity index is 1.82. The molecule has 1 aliphatic carbocycles. The number of hydrogen-bond donors (Lipinski definition) is 1. The Bertz CT molecular complexity index is 550. The zero-order valence-electron chi connectivity index (χ0n) is 14.5. The lowest BCUT2D eigenvalue weighted by Crippen LogP contribution is -2.42. The van der Waals surface area contributed by atoms with E-state index < -0.39 is 12.1 Å². The number of esters is 1. The fourth-order valence-corrected chi connectivity index (χ4v) is 3.04. The van der Waals surface area contributed by atoms with Gasteiger partial charge in [-0.05, 0) is 25.8 Å². The molecular weight excluding hydrogens is 306 g/mol. The molecule has 5 heteroatoms. The summed E-state index contributed by atoms with van der Waals surface area (Å²) in [5, 5.41) is 3.01. The Morgan fingerprint density at radius 1 is 1.17 bits per heavy atom. The Kier molecular flexibility index (Phi) is 7.09. The van der Waals surface area contributed by atoms with E-state index in [9.17, 15) is 9.59 Å². The van der Waals surface area contributed by atoms with Crippen LogP contribution in [0.4, 0.5) is 0 Å². The maximum absolute atomic E-state index is 12.2. The first-order valence-electron chi connectivity index (χ1n) is 8.72.